The Kier molecular flexibility index (Phi) is 4.72. The van der Waals surface area contributed by atoms with Crippen molar-refractivity contribution in [2.24, 2.45) is 0 Å². The highest BCUT2D eigenvalue weighted by atomic mass is 16.5. The molecule has 0 unspecified atom stereocenters. The molecule has 0 N–H and O–H groups in total. The minimum atomic E-state index is -0.347. The van der Waals surface area contributed by atoms with Gasteiger partial charge in [-0.1, -0.05) is 55.1 Å². The lowest BCUT2D eigenvalue weighted by Gasteiger charge is -2.00. The fraction of sp³-hybridized carbons (Fsp3) is 0.105. The highest BCUT2D eigenvalue weighted by Gasteiger charge is 1.96. The number of carbonyl (C=O) groups is 1. The van der Waals surface area contributed by atoms with E-state index in [1.165, 1.54) is 28.7 Å². The Morgan fingerprint density at radius 1 is 0.857 bits per heavy atom. The van der Waals surface area contributed by atoms with E-state index in [4.69, 9.17) is 0 Å². The number of esters is 1. The molecule has 0 atom stereocenters. The number of methoxy groups -OCH3 is 1. The van der Waals surface area contributed by atoms with E-state index in [1.54, 1.807) is 6.92 Å². The molecule has 2 nitrogen and oxygen atoms in total. The Morgan fingerprint density at radius 3 is 1.38 bits per heavy atom. The van der Waals surface area contributed by atoms with Crippen LogP contribution in [-0.2, 0) is 9.53 Å². The van der Waals surface area contributed by atoms with Crippen molar-refractivity contribution in [2.75, 3.05) is 7.11 Å². The maximum Gasteiger partial charge on any atom is 0.332 e. The smallest absolute Gasteiger partial charge is 0.332 e. The van der Waals surface area contributed by atoms with Crippen molar-refractivity contribution in [2.45, 2.75) is 6.92 Å². The van der Waals surface area contributed by atoms with Crippen LogP contribution in [0.5, 0.6) is 0 Å². The van der Waals surface area contributed by atoms with Gasteiger partial charge in [0.05, 0.1) is 7.11 Å². The largest absolute Gasteiger partial charge is 0.466 e. The molecule has 0 spiro atoms. The van der Waals surface area contributed by atoms with Crippen LogP contribution in [-0.4, -0.2) is 13.1 Å². The summed E-state index contributed by atoms with van der Waals surface area (Å²) in [5.41, 5.74) is 0.433. The summed E-state index contributed by atoms with van der Waals surface area (Å²) in [5.74, 6) is -0.347. The van der Waals surface area contributed by atoms with E-state index in [0.717, 1.165) is 0 Å². The molecular formula is C19H18O2. The van der Waals surface area contributed by atoms with Gasteiger partial charge in [0.1, 0.15) is 0 Å². The third-order valence-corrected chi connectivity index (χ3v) is 3.15. The Balaban J connectivity index is 0.000000199. The quantitative estimate of drug-likeness (QED) is 0.365. The average molecular weight is 278 g/mol. The molecule has 0 aliphatic carbocycles. The van der Waals surface area contributed by atoms with Crippen molar-refractivity contribution >= 4 is 27.5 Å². The van der Waals surface area contributed by atoms with E-state index < -0.39 is 0 Å². The number of ether oxygens (including phenoxy) is 1. The Morgan fingerprint density at radius 2 is 1.19 bits per heavy atom. The molecule has 0 fully saturated rings. The minimum absolute atomic E-state index is 0.347. The predicted molar refractivity (Wildman–Crippen MR) is 88.3 cm³/mol. The molecule has 2 heteroatoms. The Labute approximate surface area is 124 Å². The third kappa shape index (κ3) is 3.69. The maximum absolute atomic E-state index is 10.2. The summed E-state index contributed by atoms with van der Waals surface area (Å²) in [7, 11) is 1.33. The third-order valence-electron chi connectivity index (χ3n) is 3.15. The molecule has 0 aliphatic rings. The van der Waals surface area contributed by atoms with Crippen LogP contribution < -0.4 is 0 Å². The molecule has 0 saturated carbocycles. The normalized spacial score (nSPS) is 9.81. The van der Waals surface area contributed by atoms with Crippen LogP contribution >= 0.6 is 0 Å². The lowest BCUT2D eigenvalue weighted by molar-refractivity contribution is -0.136. The molecule has 3 rings (SSSR count). The van der Waals surface area contributed by atoms with Gasteiger partial charge < -0.3 is 4.74 Å². The zero-order chi connectivity index (χ0) is 15.2. The van der Waals surface area contributed by atoms with Crippen LogP contribution in [0.4, 0.5) is 0 Å². The Bertz CT molecular complexity index is 683. The topological polar surface area (TPSA) is 26.3 Å². The fourth-order valence-corrected chi connectivity index (χ4v) is 2.06. The highest BCUT2D eigenvalue weighted by Crippen LogP contribution is 2.21. The summed E-state index contributed by atoms with van der Waals surface area (Å²) < 4.78 is 4.27. The first-order valence-electron chi connectivity index (χ1n) is 6.73. The van der Waals surface area contributed by atoms with Crippen LogP contribution in [0.15, 0.2) is 72.8 Å². The molecule has 0 aromatic heterocycles. The molecule has 3 aromatic carbocycles. The van der Waals surface area contributed by atoms with Crippen molar-refractivity contribution in [1.82, 2.24) is 0 Å². The van der Waals surface area contributed by atoms with Gasteiger partial charge in [-0.25, -0.2) is 4.79 Å². The van der Waals surface area contributed by atoms with Gasteiger partial charge in [-0.2, -0.15) is 0 Å². The monoisotopic (exact) mass is 278 g/mol. The minimum Gasteiger partial charge on any atom is -0.466 e. The number of fused-ring (bicyclic) bond motifs is 2. The first-order chi connectivity index (χ1) is 10.1. The summed E-state index contributed by atoms with van der Waals surface area (Å²) in [6, 6.07) is 21.4. The highest BCUT2D eigenvalue weighted by molar-refractivity contribution is 5.98. The van der Waals surface area contributed by atoms with Crippen LogP contribution in [0.1, 0.15) is 6.92 Å². The van der Waals surface area contributed by atoms with Crippen molar-refractivity contribution in [3.63, 3.8) is 0 Å². The molecule has 0 amide bonds. The second-order valence-corrected chi connectivity index (χ2v) is 4.82. The van der Waals surface area contributed by atoms with Crippen molar-refractivity contribution in [3.8, 4) is 0 Å². The van der Waals surface area contributed by atoms with Crippen LogP contribution in [0.2, 0.25) is 0 Å². The number of hydrogen-bond donors (Lipinski definition) is 0. The van der Waals surface area contributed by atoms with Gasteiger partial charge in [-0.05, 0) is 40.6 Å². The molecule has 0 aliphatic heterocycles. The Hall–Kier alpha value is -2.61. The molecule has 0 heterocycles. The van der Waals surface area contributed by atoms with E-state index >= 15 is 0 Å². The van der Waals surface area contributed by atoms with E-state index in [2.05, 4.69) is 72.0 Å². The van der Waals surface area contributed by atoms with Crippen LogP contribution in [0, 0.1) is 0 Å². The van der Waals surface area contributed by atoms with Gasteiger partial charge in [0.15, 0.2) is 0 Å². The van der Waals surface area contributed by atoms with Gasteiger partial charge in [-0.15, -0.1) is 0 Å². The maximum atomic E-state index is 10.2. The summed E-state index contributed by atoms with van der Waals surface area (Å²) in [5, 5.41) is 5.25. The number of carbonyl (C=O) groups excluding carboxylic acids is 1. The molecule has 21 heavy (non-hydrogen) atoms. The van der Waals surface area contributed by atoms with Crippen molar-refractivity contribution in [1.29, 1.82) is 0 Å². The number of hydrogen-bond acceptors (Lipinski definition) is 2. The second kappa shape index (κ2) is 6.71. The van der Waals surface area contributed by atoms with Crippen molar-refractivity contribution in [3.05, 3.63) is 72.8 Å². The first kappa shape index (κ1) is 14.8. The SMILES string of the molecule is C=C(C)C(=O)OC.c1ccc2cc3ccccc3cc2c1. The van der Waals surface area contributed by atoms with E-state index in [-0.39, 0.29) is 5.97 Å². The van der Waals surface area contributed by atoms with E-state index in [1.807, 2.05) is 0 Å². The summed E-state index contributed by atoms with van der Waals surface area (Å²) in [6.07, 6.45) is 0. The second-order valence-electron chi connectivity index (χ2n) is 4.82. The van der Waals surface area contributed by atoms with E-state index in [0.29, 0.717) is 5.57 Å². The average Bonchev–Trinajstić information content (AvgIpc) is 2.52. The zero-order valence-electron chi connectivity index (χ0n) is 12.3. The summed E-state index contributed by atoms with van der Waals surface area (Å²) in [6.45, 7) is 4.95. The van der Waals surface area contributed by atoms with Gasteiger partial charge in [-0.3, -0.25) is 0 Å². The molecule has 0 saturated heterocycles. The fourth-order valence-electron chi connectivity index (χ4n) is 2.06. The van der Waals surface area contributed by atoms with Gasteiger partial charge >= 0.3 is 5.97 Å². The first-order valence-corrected chi connectivity index (χ1v) is 6.73. The molecule has 3 aromatic rings. The lowest BCUT2D eigenvalue weighted by Crippen LogP contribution is -1.98. The van der Waals surface area contributed by atoms with Gasteiger partial charge in [0, 0.05) is 5.57 Å². The van der Waals surface area contributed by atoms with Gasteiger partial charge in [0.2, 0.25) is 0 Å². The summed E-state index contributed by atoms with van der Waals surface area (Å²) in [4.78, 5) is 10.2. The molecule has 106 valence electrons. The molecular weight excluding hydrogens is 260 g/mol. The predicted octanol–water partition coefficient (Wildman–Crippen LogP) is 4.73. The van der Waals surface area contributed by atoms with E-state index in [9.17, 15) is 4.79 Å². The lowest BCUT2D eigenvalue weighted by atomic mass is 10.0. The molecule has 0 radical (unpaired) electrons. The number of benzene rings is 3. The van der Waals surface area contributed by atoms with Crippen LogP contribution in [0.25, 0.3) is 21.5 Å². The van der Waals surface area contributed by atoms with Crippen LogP contribution in [0.3, 0.4) is 0 Å². The van der Waals surface area contributed by atoms with Crippen molar-refractivity contribution < 1.29 is 9.53 Å². The standard InChI is InChI=1S/C14H10.C5H8O2/c1-2-6-12-10-14-8-4-3-7-13(14)9-11(12)5-1;1-4(2)5(6)7-3/h1-10H;1H2,2-3H3. The van der Waals surface area contributed by atoms with Gasteiger partial charge in [0.25, 0.3) is 0 Å². The zero-order valence-corrected chi connectivity index (χ0v) is 12.3. The molecule has 0 bridgehead atoms. The summed E-state index contributed by atoms with van der Waals surface area (Å²) >= 11 is 0. The number of rotatable bonds is 1.